The van der Waals surface area contributed by atoms with Gasteiger partial charge in [0.1, 0.15) is 0 Å². The van der Waals surface area contributed by atoms with E-state index in [1.54, 1.807) is 18.1 Å². The van der Waals surface area contributed by atoms with Crippen LogP contribution in [-0.2, 0) is 16.5 Å². The van der Waals surface area contributed by atoms with Gasteiger partial charge >= 0.3 is 0 Å². The Balaban J connectivity index is 2.69. The third-order valence-corrected chi connectivity index (χ3v) is 2.77. The summed E-state index contributed by atoms with van der Waals surface area (Å²) in [7, 11) is 1.73. The molecule has 1 rings (SSSR count). The number of nitrogens with zero attached hydrogens (tertiary/aromatic N) is 3. The van der Waals surface area contributed by atoms with E-state index in [1.165, 1.54) is 4.68 Å². The van der Waals surface area contributed by atoms with E-state index in [2.05, 4.69) is 5.10 Å². The zero-order valence-corrected chi connectivity index (χ0v) is 12.5. The van der Waals surface area contributed by atoms with Gasteiger partial charge in [-0.3, -0.25) is 9.48 Å². The smallest absolute Gasteiger partial charge is 0.276 e. The van der Waals surface area contributed by atoms with Crippen molar-refractivity contribution in [3.05, 3.63) is 11.9 Å². The molecule has 1 heterocycles. The standard InChI is InChI=1S/C13H24N4O3/c1-4-19-8-6-17(7-9-20-5-2)13(18)12-11(14)10-16(3)15-12/h10H,4-9,14H2,1-3H3. The first-order chi connectivity index (χ1) is 9.60. The van der Waals surface area contributed by atoms with Crippen LogP contribution in [0.4, 0.5) is 5.69 Å². The molecule has 1 amide bonds. The molecule has 7 heteroatoms. The van der Waals surface area contributed by atoms with Gasteiger partial charge in [-0.25, -0.2) is 0 Å². The van der Waals surface area contributed by atoms with E-state index in [-0.39, 0.29) is 11.6 Å². The maximum Gasteiger partial charge on any atom is 0.276 e. The highest BCUT2D eigenvalue weighted by atomic mass is 16.5. The Morgan fingerprint density at radius 3 is 2.25 bits per heavy atom. The second-order valence-corrected chi connectivity index (χ2v) is 4.29. The minimum absolute atomic E-state index is 0.192. The van der Waals surface area contributed by atoms with Gasteiger partial charge in [0.2, 0.25) is 0 Å². The van der Waals surface area contributed by atoms with Crippen molar-refractivity contribution in [2.75, 3.05) is 45.3 Å². The first-order valence-electron chi connectivity index (χ1n) is 6.84. The lowest BCUT2D eigenvalue weighted by Gasteiger charge is -2.21. The number of amides is 1. The number of nitrogen functional groups attached to an aromatic ring is 1. The number of anilines is 1. The minimum Gasteiger partial charge on any atom is -0.396 e. The molecule has 0 fully saturated rings. The lowest BCUT2D eigenvalue weighted by molar-refractivity contribution is 0.0545. The number of hydrogen-bond donors (Lipinski definition) is 1. The molecule has 0 aliphatic carbocycles. The molecule has 0 unspecified atom stereocenters. The first kappa shape index (κ1) is 16.5. The number of carbonyl (C=O) groups excluding carboxylic acids is 1. The molecule has 0 radical (unpaired) electrons. The Morgan fingerprint density at radius 2 is 1.85 bits per heavy atom. The maximum atomic E-state index is 12.4. The minimum atomic E-state index is -0.192. The summed E-state index contributed by atoms with van der Waals surface area (Å²) in [5.74, 6) is -0.192. The molecule has 114 valence electrons. The van der Waals surface area contributed by atoms with Crippen LogP contribution in [0.5, 0.6) is 0 Å². The van der Waals surface area contributed by atoms with E-state index in [0.29, 0.717) is 45.2 Å². The molecule has 0 atom stereocenters. The Hall–Kier alpha value is -1.60. The molecule has 0 saturated heterocycles. The topological polar surface area (TPSA) is 82.6 Å². The summed E-state index contributed by atoms with van der Waals surface area (Å²) in [5.41, 5.74) is 6.46. The van der Waals surface area contributed by atoms with Crippen LogP contribution in [0.3, 0.4) is 0 Å². The molecule has 1 aromatic rings. The monoisotopic (exact) mass is 284 g/mol. The van der Waals surface area contributed by atoms with Crippen molar-refractivity contribution in [2.24, 2.45) is 7.05 Å². The molecule has 0 aromatic carbocycles. The quantitative estimate of drug-likeness (QED) is 0.668. The molecule has 0 aliphatic rings. The molecule has 20 heavy (non-hydrogen) atoms. The Morgan fingerprint density at radius 1 is 1.30 bits per heavy atom. The van der Waals surface area contributed by atoms with Crippen LogP contribution in [0.15, 0.2) is 6.20 Å². The molecule has 2 N–H and O–H groups in total. The van der Waals surface area contributed by atoms with Gasteiger partial charge in [-0.1, -0.05) is 0 Å². The van der Waals surface area contributed by atoms with Crippen LogP contribution in [0.1, 0.15) is 24.3 Å². The van der Waals surface area contributed by atoms with Crippen molar-refractivity contribution >= 4 is 11.6 Å². The van der Waals surface area contributed by atoms with Gasteiger partial charge in [-0.2, -0.15) is 5.10 Å². The Labute approximate surface area is 119 Å². The summed E-state index contributed by atoms with van der Waals surface area (Å²) in [4.78, 5) is 14.1. The predicted octanol–water partition coefficient (Wildman–Crippen LogP) is 0.518. The van der Waals surface area contributed by atoms with Gasteiger partial charge in [0.25, 0.3) is 5.91 Å². The van der Waals surface area contributed by atoms with Crippen molar-refractivity contribution < 1.29 is 14.3 Å². The van der Waals surface area contributed by atoms with Gasteiger partial charge in [0.05, 0.1) is 18.9 Å². The van der Waals surface area contributed by atoms with Gasteiger partial charge in [0.15, 0.2) is 5.69 Å². The molecule has 0 spiro atoms. The van der Waals surface area contributed by atoms with Gasteiger partial charge in [0, 0.05) is 39.5 Å². The van der Waals surface area contributed by atoms with E-state index in [4.69, 9.17) is 15.2 Å². The molecular formula is C13H24N4O3. The second kappa shape index (κ2) is 8.55. The van der Waals surface area contributed by atoms with Crippen molar-refractivity contribution in [3.8, 4) is 0 Å². The largest absolute Gasteiger partial charge is 0.396 e. The lowest BCUT2D eigenvalue weighted by atomic mass is 10.3. The molecular weight excluding hydrogens is 260 g/mol. The normalized spacial score (nSPS) is 10.8. The van der Waals surface area contributed by atoms with Crippen molar-refractivity contribution in [1.82, 2.24) is 14.7 Å². The van der Waals surface area contributed by atoms with E-state index in [0.717, 1.165) is 0 Å². The Kier molecular flexibility index (Phi) is 7.03. The number of hydrogen-bond acceptors (Lipinski definition) is 5. The summed E-state index contributed by atoms with van der Waals surface area (Å²) in [6.45, 7) is 7.05. The Bertz CT molecular complexity index is 410. The highest BCUT2D eigenvalue weighted by Crippen LogP contribution is 2.11. The fraction of sp³-hybridized carbons (Fsp3) is 0.692. The van der Waals surface area contributed by atoms with Crippen LogP contribution >= 0.6 is 0 Å². The van der Waals surface area contributed by atoms with Gasteiger partial charge in [-0.15, -0.1) is 0 Å². The highest BCUT2D eigenvalue weighted by Gasteiger charge is 2.20. The third-order valence-electron chi connectivity index (χ3n) is 2.77. The summed E-state index contributed by atoms with van der Waals surface area (Å²) in [6, 6.07) is 0. The van der Waals surface area contributed by atoms with E-state index < -0.39 is 0 Å². The van der Waals surface area contributed by atoms with Crippen molar-refractivity contribution in [3.63, 3.8) is 0 Å². The summed E-state index contributed by atoms with van der Waals surface area (Å²) in [6.07, 6.45) is 1.62. The fourth-order valence-electron chi connectivity index (χ4n) is 1.78. The highest BCUT2D eigenvalue weighted by molar-refractivity contribution is 5.97. The molecule has 0 bridgehead atoms. The second-order valence-electron chi connectivity index (χ2n) is 4.29. The average molecular weight is 284 g/mol. The fourth-order valence-corrected chi connectivity index (χ4v) is 1.78. The van der Waals surface area contributed by atoms with E-state index in [9.17, 15) is 4.79 Å². The van der Waals surface area contributed by atoms with E-state index in [1.807, 2.05) is 13.8 Å². The first-order valence-corrected chi connectivity index (χ1v) is 6.84. The number of ether oxygens (including phenoxy) is 2. The van der Waals surface area contributed by atoms with Gasteiger partial charge in [-0.05, 0) is 13.8 Å². The van der Waals surface area contributed by atoms with Crippen LogP contribution < -0.4 is 5.73 Å². The van der Waals surface area contributed by atoms with Crippen molar-refractivity contribution in [1.29, 1.82) is 0 Å². The molecule has 0 saturated carbocycles. The zero-order chi connectivity index (χ0) is 15.0. The number of carbonyl (C=O) groups is 1. The lowest BCUT2D eigenvalue weighted by Crippen LogP contribution is -2.37. The summed E-state index contributed by atoms with van der Waals surface area (Å²) in [5, 5.41) is 4.11. The number of aromatic nitrogens is 2. The number of nitrogens with two attached hydrogens (primary N) is 1. The molecule has 1 aromatic heterocycles. The third kappa shape index (κ3) is 4.82. The van der Waals surface area contributed by atoms with Gasteiger partial charge < -0.3 is 20.1 Å². The van der Waals surface area contributed by atoms with Crippen LogP contribution in [0.2, 0.25) is 0 Å². The van der Waals surface area contributed by atoms with Crippen LogP contribution in [0, 0.1) is 0 Å². The van der Waals surface area contributed by atoms with E-state index >= 15 is 0 Å². The van der Waals surface area contributed by atoms with Crippen molar-refractivity contribution in [2.45, 2.75) is 13.8 Å². The van der Waals surface area contributed by atoms with Crippen LogP contribution in [0.25, 0.3) is 0 Å². The number of aryl methyl sites for hydroxylation is 1. The summed E-state index contributed by atoms with van der Waals surface area (Å²) >= 11 is 0. The SMILES string of the molecule is CCOCCN(CCOCC)C(=O)c1nn(C)cc1N. The molecule has 7 nitrogen and oxygen atoms in total. The number of rotatable bonds is 9. The van der Waals surface area contributed by atoms with Crippen LogP contribution in [-0.4, -0.2) is 60.1 Å². The average Bonchev–Trinajstić information content (AvgIpc) is 2.75. The maximum absolute atomic E-state index is 12.4. The predicted molar refractivity (Wildman–Crippen MR) is 76.5 cm³/mol. The summed E-state index contributed by atoms with van der Waals surface area (Å²) < 4.78 is 12.1. The zero-order valence-electron chi connectivity index (χ0n) is 12.5. The molecule has 0 aliphatic heterocycles.